The van der Waals surface area contributed by atoms with Crippen molar-refractivity contribution in [2.24, 2.45) is 0 Å². The summed E-state index contributed by atoms with van der Waals surface area (Å²) in [6.45, 7) is 1.90. The first-order valence-corrected chi connectivity index (χ1v) is 5.16. The van der Waals surface area contributed by atoms with Crippen LogP contribution in [0.25, 0.3) is 0 Å². The van der Waals surface area contributed by atoms with Gasteiger partial charge in [0.2, 0.25) is 0 Å². The molecule has 1 fully saturated rings. The maximum absolute atomic E-state index is 5.49. The largest absolute Gasteiger partial charge is 0.382 e. The van der Waals surface area contributed by atoms with Crippen molar-refractivity contribution in [3.8, 4) is 0 Å². The molecule has 1 aromatic rings. The first kappa shape index (κ1) is 10.2. The Morgan fingerprint density at radius 3 is 3.00 bits per heavy atom. The molecule has 1 aliphatic heterocycles. The van der Waals surface area contributed by atoms with Crippen molar-refractivity contribution in [3.63, 3.8) is 0 Å². The summed E-state index contributed by atoms with van der Waals surface area (Å²) in [5.74, 6) is 1.34. The summed E-state index contributed by atoms with van der Waals surface area (Å²) in [6, 6.07) is 3.68. The van der Waals surface area contributed by atoms with Gasteiger partial charge < -0.3 is 15.4 Å². The average Bonchev–Trinajstić information content (AvgIpc) is 2.30. The fraction of sp³-hybridized carbons (Fsp3) is 0.600. The number of nitrogens with zero attached hydrogens (tertiary/aromatic N) is 3. The van der Waals surface area contributed by atoms with Gasteiger partial charge in [0.25, 0.3) is 0 Å². The van der Waals surface area contributed by atoms with Crippen LogP contribution in [-0.4, -0.2) is 36.5 Å². The number of anilines is 2. The fourth-order valence-electron chi connectivity index (χ4n) is 1.84. The lowest BCUT2D eigenvalue weighted by Crippen LogP contribution is -2.39. The van der Waals surface area contributed by atoms with Crippen molar-refractivity contribution in [1.82, 2.24) is 10.2 Å². The van der Waals surface area contributed by atoms with Gasteiger partial charge in [-0.2, -0.15) is 0 Å². The first-order valence-electron chi connectivity index (χ1n) is 5.16. The molecular formula is C10H16N4O. The third kappa shape index (κ3) is 2.36. The van der Waals surface area contributed by atoms with E-state index in [-0.39, 0.29) is 0 Å². The summed E-state index contributed by atoms with van der Waals surface area (Å²) in [7, 11) is 1.75. The van der Waals surface area contributed by atoms with E-state index in [9.17, 15) is 0 Å². The van der Waals surface area contributed by atoms with E-state index in [1.165, 1.54) is 0 Å². The van der Waals surface area contributed by atoms with Gasteiger partial charge >= 0.3 is 0 Å². The second-order valence-corrected chi connectivity index (χ2v) is 3.76. The lowest BCUT2D eigenvalue weighted by atomic mass is 10.1. The summed E-state index contributed by atoms with van der Waals surface area (Å²) < 4.78 is 5.35. The lowest BCUT2D eigenvalue weighted by molar-refractivity contribution is 0.0891. The van der Waals surface area contributed by atoms with Crippen LogP contribution < -0.4 is 10.6 Å². The third-order valence-corrected chi connectivity index (χ3v) is 2.71. The molecular weight excluding hydrogens is 192 g/mol. The quantitative estimate of drug-likeness (QED) is 0.774. The second kappa shape index (κ2) is 4.44. The Kier molecular flexibility index (Phi) is 3.01. The maximum Gasteiger partial charge on any atom is 0.151 e. The Morgan fingerprint density at radius 2 is 2.33 bits per heavy atom. The van der Waals surface area contributed by atoms with Crippen molar-refractivity contribution < 1.29 is 4.74 Å². The predicted molar refractivity (Wildman–Crippen MR) is 58.7 cm³/mol. The molecule has 0 spiro atoms. The van der Waals surface area contributed by atoms with Crippen LogP contribution in [0, 0.1) is 0 Å². The minimum Gasteiger partial charge on any atom is -0.382 e. The molecule has 5 nitrogen and oxygen atoms in total. The molecule has 1 unspecified atom stereocenters. The molecule has 1 atom stereocenters. The Bertz CT molecular complexity index is 314. The zero-order valence-electron chi connectivity index (χ0n) is 8.89. The van der Waals surface area contributed by atoms with E-state index in [0.29, 0.717) is 11.9 Å². The Hall–Kier alpha value is -1.36. The summed E-state index contributed by atoms with van der Waals surface area (Å²) in [5, 5.41) is 7.92. The van der Waals surface area contributed by atoms with Gasteiger partial charge in [0.15, 0.2) is 5.82 Å². The highest BCUT2D eigenvalue weighted by molar-refractivity contribution is 5.41. The van der Waals surface area contributed by atoms with Crippen LogP contribution >= 0.6 is 0 Å². The minimum atomic E-state index is 0.304. The minimum absolute atomic E-state index is 0.304. The van der Waals surface area contributed by atoms with Gasteiger partial charge in [-0.1, -0.05) is 0 Å². The number of nitrogen functional groups attached to an aromatic ring is 1. The van der Waals surface area contributed by atoms with Gasteiger partial charge in [0.1, 0.15) is 5.82 Å². The SMILES string of the molecule is COC1CCCN(c2ccc(N)nn2)C1. The van der Waals surface area contributed by atoms with Crippen molar-refractivity contribution in [2.45, 2.75) is 18.9 Å². The highest BCUT2D eigenvalue weighted by Crippen LogP contribution is 2.18. The van der Waals surface area contributed by atoms with Crippen molar-refractivity contribution in [1.29, 1.82) is 0 Å². The smallest absolute Gasteiger partial charge is 0.151 e. The molecule has 2 rings (SSSR count). The van der Waals surface area contributed by atoms with E-state index in [1.54, 1.807) is 13.2 Å². The zero-order chi connectivity index (χ0) is 10.7. The van der Waals surface area contributed by atoms with E-state index in [2.05, 4.69) is 15.1 Å². The monoisotopic (exact) mass is 208 g/mol. The van der Waals surface area contributed by atoms with Gasteiger partial charge in [-0.15, -0.1) is 10.2 Å². The van der Waals surface area contributed by atoms with Crippen LogP contribution in [0.15, 0.2) is 12.1 Å². The number of methoxy groups -OCH3 is 1. The number of ether oxygens (including phenoxy) is 1. The van der Waals surface area contributed by atoms with Crippen LogP contribution in [0.3, 0.4) is 0 Å². The summed E-state index contributed by atoms with van der Waals surface area (Å²) in [5.41, 5.74) is 5.49. The van der Waals surface area contributed by atoms with Crippen LogP contribution in [0.5, 0.6) is 0 Å². The Balaban J connectivity index is 2.06. The number of hydrogen-bond donors (Lipinski definition) is 1. The van der Waals surface area contributed by atoms with Crippen LogP contribution in [0.4, 0.5) is 11.6 Å². The van der Waals surface area contributed by atoms with Crippen molar-refractivity contribution in [3.05, 3.63) is 12.1 Å². The molecule has 0 bridgehead atoms. The third-order valence-electron chi connectivity index (χ3n) is 2.71. The number of nitrogens with two attached hydrogens (primary N) is 1. The number of hydrogen-bond acceptors (Lipinski definition) is 5. The molecule has 2 N–H and O–H groups in total. The standard InChI is InChI=1S/C10H16N4O/c1-15-8-3-2-6-14(7-8)10-5-4-9(11)12-13-10/h4-5,8H,2-3,6-7H2,1H3,(H2,11,12). The molecule has 5 heteroatoms. The van der Waals surface area contributed by atoms with Gasteiger partial charge in [0.05, 0.1) is 6.10 Å². The molecule has 0 aromatic carbocycles. The molecule has 0 saturated carbocycles. The second-order valence-electron chi connectivity index (χ2n) is 3.76. The van der Waals surface area contributed by atoms with Crippen LogP contribution in [-0.2, 0) is 4.74 Å². The van der Waals surface area contributed by atoms with E-state index in [1.807, 2.05) is 6.07 Å². The summed E-state index contributed by atoms with van der Waals surface area (Å²) in [6.07, 6.45) is 2.55. The first-order chi connectivity index (χ1) is 7.29. The highest BCUT2D eigenvalue weighted by atomic mass is 16.5. The molecule has 0 aliphatic carbocycles. The molecule has 0 amide bonds. The van der Waals surface area contributed by atoms with Crippen LogP contribution in [0.2, 0.25) is 0 Å². The molecule has 0 radical (unpaired) electrons. The zero-order valence-corrected chi connectivity index (χ0v) is 8.89. The van der Waals surface area contributed by atoms with Crippen LogP contribution in [0.1, 0.15) is 12.8 Å². The molecule has 15 heavy (non-hydrogen) atoms. The summed E-state index contributed by atoms with van der Waals surface area (Å²) in [4.78, 5) is 2.18. The van der Waals surface area contributed by atoms with Gasteiger partial charge in [-0.3, -0.25) is 0 Å². The van der Waals surface area contributed by atoms with Gasteiger partial charge in [-0.25, -0.2) is 0 Å². The molecule has 2 heterocycles. The normalized spacial score (nSPS) is 21.7. The number of rotatable bonds is 2. The van der Waals surface area contributed by atoms with Crippen molar-refractivity contribution in [2.75, 3.05) is 30.8 Å². The Labute approximate surface area is 89.2 Å². The maximum atomic E-state index is 5.49. The van der Waals surface area contributed by atoms with Crippen molar-refractivity contribution >= 4 is 11.6 Å². The summed E-state index contributed by atoms with van der Waals surface area (Å²) >= 11 is 0. The van der Waals surface area contributed by atoms with E-state index in [4.69, 9.17) is 10.5 Å². The lowest BCUT2D eigenvalue weighted by Gasteiger charge is -2.32. The topological polar surface area (TPSA) is 64.3 Å². The average molecular weight is 208 g/mol. The molecule has 1 aliphatic rings. The number of aromatic nitrogens is 2. The molecule has 1 aromatic heterocycles. The van der Waals surface area contributed by atoms with E-state index < -0.39 is 0 Å². The van der Waals surface area contributed by atoms with E-state index in [0.717, 1.165) is 31.7 Å². The van der Waals surface area contributed by atoms with E-state index >= 15 is 0 Å². The molecule has 82 valence electrons. The van der Waals surface area contributed by atoms with Gasteiger partial charge in [-0.05, 0) is 25.0 Å². The fourth-order valence-corrected chi connectivity index (χ4v) is 1.84. The van der Waals surface area contributed by atoms with Gasteiger partial charge in [0, 0.05) is 20.2 Å². The predicted octanol–water partition coefficient (Wildman–Crippen LogP) is 0.674. The molecule has 1 saturated heterocycles. The number of piperidine rings is 1. The Morgan fingerprint density at radius 1 is 1.47 bits per heavy atom. The highest BCUT2D eigenvalue weighted by Gasteiger charge is 2.20.